The fraction of sp³-hybridized carbons (Fsp3) is 0.273. The minimum absolute atomic E-state index is 0.142. The third-order valence-electron chi connectivity index (χ3n) is 1.91. The summed E-state index contributed by atoms with van der Waals surface area (Å²) in [5, 5.41) is 0.142. The zero-order chi connectivity index (χ0) is 12.0. The highest BCUT2D eigenvalue weighted by Gasteiger charge is 2.11. The number of esters is 1. The van der Waals surface area contributed by atoms with Gasteiger partial charge >= 0.3 is 5.97 Å². The Hall–Kier alpha value is -1.39. The highest BCUT2D eigenvalue weighted by molar-refractivity contribution is 6.32. The maximum absolute atomic E-state index is 11.3. The molecule has 0 amide bonds. The molecule has 0 unspecified atom stereocenters. The second-order valence-corrected chi connectivity index (χ2v) is 3.44. The Bertz CT molecular complexity index is 405. The van der Waals surface area contributed by atoms with Gasteiger partial charge in [-0.25, -0.2) is 9.78 Å². The molecule has 1 aromatic heterocycles. The summed E-state index contributed by atoms with van der Waals surface area (Å²) < 4.78 is 4.59. The minimum atomic E-state index is -0.494. The second kappa shape index (κ2) is 6.25. The number of pyridine rings is 1. The lowest BCUT2D eigenvalue weighted by molar-refractivity contribution is 0.0600. The SMILES string of the molecule is COC(=O)c1cc(C=CCCN)cnc1Cl. The summed E-state index contributed by atoms with van der Waals surface area (Å²) in [6, 6.07) is 1.63. The molecule has 4 nitrogen and oxygen atoms in total. The quantitative estimate of drug-likeness (QED) is 0.645. The molecule has 0 aliphatic carbocycles. The summed E-state index contributed by atoms with van der Waals surface area (Å²) >= 11 is 5.78. The van der Waals surface area contributed by atoms with Gasteiger partial charge in [-0.2, -0.15) is 0 Å². The molecule has 0 spiro atoms. The van der Waals surface area contributed by atoms with Crippen molar-refractivity contribution in [3.63, 3.8) is 0 Å². The molecule has 1 rings (SSSR count). The number of carbonyl (C=O) groups is 1. The molecule has 16 heavy (non-hydrogen) atoms. The number of hydrogen-bond donors (Lipinski definition) is 1. The van der Waals surface area contributed by atoms with Crippen LogP contribution < -0.4 is 5.73 Å². The second-order valence-electron chi connectivity index (χ2n) is 3.08. The molecule has 0 fully saturated rings. The predicted octanol–water partition coefficient (Wildman–Crippen LogP) is 1.88. The molecule has 1 aromatic rings. The summed E-state index contributed by atoms with van der Waals surface area (Å²) in [6.45, 7) is 0.585. The van der Waals surface area contributed by atoms with Crippen LogP contribution in [-0.4, -0.2) is 24.6 Å². The van der Waals surface area contributed by atoms with E-state index in [1.54, 1.807) is 12.3 Å². The number of nitrogens with two attached hydrogens (primary N) is 1. The van der Waals surface area contributed by atoms with Gasteiger partial charge in [-0.3, -0.25) is 0 Å². The van der Waals surface area contributed by atoms with E-state index in [1.807, 2.05) is 12.2 Å². The van der Waals surface area contributed by atoms with E-state index in [-0.39, 0.29) is 10.7 Å². The fourth-order valence-corrected chi connectivity index (χ4v) is 1.30. The number of nitrogens with zero attached hydrogens (tertiary/aromatic N) is 1. The lowest BCUT2D eigenvalue weighted by Gasteiger charge is -2.02. The van der Waals surface area contributed by atoms with Gasteiger partial charge in [0.2, 0.25) is 0 Å². The first-order valence-electron chi connectivity index (χ1n) is 4.79. The smallest absolute Gasteiger partial charge is 0.341 e. The van der Waals surface area contributed by atoms with E-state index in [9.17, 15) is 4.79 Å². The van der Waals surface area contributed by atoms with E-state index in [4.69, 9.17) is 17.3 Å². The van der Waals surface area contributed by atoms with Crippen LogP contribution in [0.25, 0.3) is 6.08 Å². The molecule has 86 valence electrons. The van der Waals surface area contributed by atoms with Crippen LogP contribution in [0.4, 0.5) is 0 Å². The average Bonchev–Trinajstić information content (AvgIpc) is 2.30. The first-order chi connectivity index (χ1) is 7.69. The van der Waals surface area contributed by atoms with Gasteiger partial charge in [-0.05, 0) is 24.6 Å². The summed E-state index contributed by atoms with van der Waals surface area (Å²) in [7, 11) is 1.30. The number of carbonyl (C=O) groups excluding carboxylic acids is 1. The normalized spacial score (nSPS) is 10.7. The highest BCUT2D eigenvalue weighted by atomic mass is 35.5. The summed E-state index contributed by atoms with van der Waals surface area (Å²) in [6.07, 6.45) is 6.10. The molecule has 5 heteroatoms. The Morgan fingerprint density at radius 1 is 1.69 bits per heavy atom. The van der Waals surface area contributed by atoms with Crippen LogP contribution in [-0.2, 0) is 4.74 Å². The van der Waals surface area contributed by atoms with Crippen molar-refractivity contribution in [1.29, 1.82) is 0 Å². The summed E-state index contributed by atoms with van der Waals surface area (Å²) in [4.78, 5) is 15.2. The van der Waals surface area contributed by atoms with Gasteiger partial charge in [0.1, 0.15) is 5.15 Å². The van der Waals surface area contributed by atoms with Crippen LogP contribution in [0.1, 0.15) is 22.3 Å². The monoisotopic (exact) mass is 240 g/mol. The van der Waals surface area contributed by atoms with Crippen molar-refractivity contribution in [2.75, 3.05) is 13.7 Å². The third kappa shape index (κ3) is 3.32. The van der Waals surface area contributed by atoms with Gasteiger partial charge in [0.05, 0.1) is 12.7 Å². The Labute approximate surface area is 99.1 Å². The molecule has 1 heterocycles. The number of rotatable bonds is 4. The Morgan fingerprint density at radius 2 is 2.44 bits per heavy atom. The first kappa shape index (κ1) is 12.7. The largest absolute Gasteiger partial charge is 0.465 e. The molecule has 0 aliphatic heterocycles. The molecular weight excluding hydrogens is 228 g/mol. The molecule has 2 N–H and O–H groups in total. The van der Waals surface area contributed by atoms with Crippen molar-refractivity contribution in [3.05, 3.63) is 34.6 Å². The molecule has 0 saturated carbocycles. The maximum Gasteiger partial charge on any atom is 0.341 e. The molecule has 0 radical (unpaired) electrons. The standard InChI is InChI=1S/C11H13ClN2O2/c1-16-11(15)9-6-8(4-2-3-5-13)7-14-10(9)12/h2,4,6-7H,3,5,13H2,1H3. The topological polar surface area (TPSA) is 65.2 Å². The number of methoxy groups -OCH3 is 1. The number of halogens is 1. The number of hydrogen-bond acceptors (Lipinski definition) is 4. The van der Waals surface area contributed by atoms with E-state index in [0.29, 0.717) is 6.54 Å². The minimum Gasteiger partial charge on any atom is -0.465 e. The van der Waals surface area contributed by atoms with Gasteiger partial charge in [0.25, 0.3) is 0 Å². The van der Waals surface area contributed by atoms with Crippen molar-refractivity contribution in [1.82, 2.24) is 4.98 Å². The molecule has 0 bridgehead atoms. The van der Waals surface area contributed by atoms with E-state index in [0.717, 1.165) is 12.0 Å². The summed E-state index contributed by atoms with van der Waals surface area (Å²) in [5.74, 6) is -0.494. The van der Waals surface area contributed by atoms with Crippen LogP contribution in [0.15, 0.2) is 18.3 Å². The predicted molar refractivity (Wildman–Crippen MR) is 63.3 cm³/mol. The zero-order valence-corrected chi connectivity index (χ0v) is 9.70. The van der Waals surface area contributed by atoms with Crippen LogP contribution >= 0.6 is 11.6 Å². The van der Waals surface area contributed by atoms with Gasteiger partial charge in [-0.1, -0.05) is 23.8 Å². The molecule has 0 atom stereocenters. The van der Waals surface area contributed by atoms with Crippen LogP contribution in [0, 0.1) is 0 Å². The van der Waals surface area contributed by atoms with Crippen LogP contribution in [0.3, 0.4) is 0 Å². The summed E-state index contributed by atoms with van der Waals surface area (Å²) in [5.41, 5.74) is 6.41. The van der Waals surface area contributed by atoms with Gasteiger partial charge in [0.15, 0.2) is 0 Å². The zero-order valence-electron chi connectivity index (χ0n) is 8.94. The number of ether oxygens (including phenoxy) is 1. The van der Waals surface area contributed by atoms with Crippen molar-refractivity contribution >= 4 is 23.6 Å². The molecule has 0 aromatic carbocycles. The Kier molecular flexibility index (Phi) is 4.95. The van der Waals surface area contributed by atoms with Gasteiger partial charge < -0.3 is 10.5 Å². The fourth-order valence-electron chi connectivity index (χ4n) is 1.12. The Balaban J connectivity index is 2.93. The van der Waals surface area contributed by atoms with E-state index >= 15 is 0 Å². The number of aromatic nitrogens is 1. The van der Waals surface area contributed by atoms with Crippen molar-refractivity contribution < 1.29 is 9.53 Å². The average molecular weight is 241 g/mol. The lowest BCUT2D eigenvalue weighted by Crippen LogP contribution is -2.03. The third-order valence-corrected chi connectivity index (χ3v) is 2.21. The van der Waals surface area contributed by atoms with Crippen LogP contribution in [0.5, 0.6) is 0 Å². The van der Waals surface area contributed by atoms with E-state index in [1.165, 1.54) is 7.11 Å². The molecule has 0 aliphatic rings. The van der Waals surface area contributed by atoms with Crippen molar-refractivity contribution in [2.24, 2.45) is 5.73 Å². The lowest BCUT2D eigenvalue weighted by atomic mass is 10.2. The molecular formula is C11H13ClN2O2. The van der Waals surface area contributed by atoms with E-state index in [2.05, 4.69) is 9.72 Å². The van der Waals surface area contributed by atoms with Gasteiger partial charge in [0, 0.05) is 6.20 Å². The van der Waals surface area contributed by atoms with Crippen LogP contribution in [0.2, 0.25) is 5.15 Å². The van der Waals surface area contributed by atoms with Crippen molar-refractivity contribution in [3.8, 4) is 0 Å². The van der Waals surface area contributed by atoms with Crippen molar-refractivity contribution in [2.45, 2.75) is 6.42 Å². The highest BCUT2D eigenvalue weighted by Crippen LogP contribution is 2.16. The first-order valence-corrected chi connectivity index (χ1v) is 5.17. The van der Waals surface area contributed by atoms with Gasteiger partial charge in [-0.15, -0.1) is 0 Å². The van der Waals surface area contributed by atoms with E-state index < -0.39 is 5.97 Å². The maximum atomic E-state index is 11.3. The molecule has 0 saturated heterocycles. The Morgan fingerprint density at radius 3 is 3.06 bits per heavy atom.